The lowest BCUT2D eigenvalue weighted by atomic mass is 10.0. The highest BCUT2D eigenvalue weighted by Crippen LogP contribution is 2.21. The third-order valence-electron chi connectivity index (χ3n) is 2.82. The molecule has 0 aliphatic rings. The second-order valence-electron chi connectivity index (χ2n) is 4.71. The zero-order chi connectivity index (χ0) is 10.8. The highest BCUT2D eigenvalue weighted by molar-refractivity contribution is 5.18. The molecule has 1 aromatic carbocycles. The number of hydrogen-bond donors (Lipinski definition) is 1. The highest BCUT2D eigenvalue weighted by Gasteiger charge is 2.27. The van der Waals surface area contributed by atoms with Gasteiger partial charge in [0, 0.05) is 0 Å². The van der Waals surface area contributed by atoms with Gasteiger partial charge in [-0.3, -0.25) is 0 Å². The third kappa shape index (κ3) is 2.56. The number of likely N-dealkylation sites (N-methyl/N-ethyl adjacent to an activating group) is 1. The second-order valence-corrected chi connectivity index (χ2v) is 4.71. The van der Waals surface area contributed by atoms with Crippen LogP contribution in [0.1, 0.15) is 18.6 Å². The minimum atomic E-state index is -0.392. The molecule has 0 spiro atoms. The predicted molar refractivity (Wildman–Crippen MR) is 58.9 cm³/mol. The lowest BCUT2D eigenvalue weighted by Crippen LogP contribution is -2.46. The fraction of sp³-hybridized carbons (Fsp3) is 0.500. The SMILES string of the molecule is C[C@@H]([C@H](O)c1ccccc1)[N+](C)(C)C. The molecule has 78 valence electrons. The van der Waals surface area contributed by atoms with Gasteiger partial charge in [0.1, 0.15) is 12.1 Å². The van der Waals surface area contributed by atoms with Gasteiger partial charge in [0.2, 0.25) is 0 Å². The van der Waals surface area contributed by atoms with Crippen molar-refractivity contribution in [1.29, 1.82) is 0 Å². The van der Waals surface area contributed by atoms with E-state index in [4.69, 9.17) is 0 Å². The smallest absolute Gasteiger partial charge is 0.130 e. The molecule has 0 aliphatic carbocycles. The summed E-state index contributed by atoms with van der Waals surface area (Å²) in [7, 11) is 6.28. The Kier molecular flexibility index (Phi) is 3.29. The Balaban J connectivity index is 2.81. The Hall–Kier alpha value is -0.860. The molecule has 2 heteroatoms. The van der Waals surface area contributed by atoms with Crippen LogP contribution in [-0.4, -0.2) is 36.8 Å². The Morgan fingerprint density at radius 1 is 1.07 bits per heavy atom. The Morgan fingerprint density at radius 2 is 1.57 bits per heavy atom. The average Bonchev–Trinajstić information content (AvgIpc) is 2.15. The first-order chi connectivity index (χ1) is 6.43. The van der Waals surface area contributed by atoms with E-state index in [9.17, 15) is 5.11 Å². The number of hydrogen-bond acceptors (Lipinski definition) is 1. The van der Waals surface area contributed by atoms with Crippen molar-refractivity contribution in [1.82, 2.24) is 0 Å². The number of benzene rings is 1. The summed E-state index contributed by atoms with van der Waals surface area (Å²) >= 11 is 0. The molecule has 0 amide bonds. The summed E-state index contributed by atoms with van der Waals surface area (Å²) in [5.41, 5.74) is 0.994. The largest absolute Gasteiger partial charge is 0.382 e. The Morgan fingerprint density at radius 3 is 2.00 bits per heavy atom. The molecule has 2 atom stereocenters. The molecule has 0 heterocycles. The topological polar surface area (TPSA) is 20.2 Å². The van der Waals surface area contributed by atoms with Crippen molar-refractivity contribution in [2.45, 2.75) is 19.1 Å². The summed E-state index contributed by atoms with van der Waals surface area (Å²) in [5, 5.41) is 10.1. The number of rotatable bonds is 3. The van der Waals surface area contributed by atoms with Crippen molar-refractivity contribution >= 4 is 0 Å². The molecule has 1 rings (SSSR count). The van der Waals surface area contributed by atoms with Crippen molar-refractivity contribution < 1.29 is 9.59 Å². The summed E-state index contributed by atoms with van der Waals surface area (Å²) in [6.45, 7) is 2.07. The van der Waals surface area contributed by atoms with Crippen LogP contribution in [-0.2, 0) is 0 Å². The summed E-state index contributed by atoms with van der Waals surface area (Å²) in [6, 6.07) is 10.0. The number of aliphatic hydroxyl groups excluding tert-OH is 1. The maximum absolute atomic E-state index is 10.1. The first-order valence-corrected chi connectivity index (χ1v) is 4.97. The first-order valence-electron chi connectivity index (χ1n) is 4.97. The van der Waals surface area contributed by atoms with Gasteiger partial charge in [-0.15, -0.1) is 0 Å². The fourth-order valence-corrected chi connectivity index (χ4v) is 1.35. The van der Waals surface area contributed by atoms with Crippen LogP contribution in [0, 0.1) is 0 Å². The molecular formula is C12H20NO+. The van der Waals surface area contributed by atoms with Crippen molar-refractivity contribution in [2.75, 3.05) is 21.1 Å². The molecule has 0 saturated heterocycles. The van der Waals surface area contributed by atoms with Crippen molar-refractivity contribution in [3.05, 3.63) is 35.9 Å². The molecule has 1 aromatic rings. The standard InChI is InChI=1S/C12H20NO/c1-10(13(2,3)4)12(14)11-8-6-5-7-9-11/h5-10,12,14H,1-4H3/q+1/t10-,12-/m0/s1. The molecule has 1 N–H and O–H groups in total. The van der Waals surface area contributed by atoms with Gasteiger partial charge in [-0.2, -0.15) is 0 Å². The Labute approximate surface area is 86.4 Å². The zero-order valence-electron chi connectivity index (χ0n) is 9.44. The monoisotopic (exact) mass is 194 g/mol. The number of nitrogens with zero attached hydrogens (tertiary/aromatic N) is 1. The van der Waals surface area contributed by atoms with Crippen LogP contribution >= 0.6 is 0 Å². The first kappa shape index (κ1) is 11.2. The molecule has 0 radical (unpaired) electrons. The maximum atomic E-state index is 10.1. The van der Waals surface area contributed by atoms with Gasteiger partial charge in [0.05, 0.1) is 21.1 Å². The highest BCUT2D eigenvalue weighted by atomic mass is 16.3. The van der Waals surface area contributed by atoms with Crippen LogP contribution in [0.2, 0.25) is 0 Å². The van der Waals surface area contributed by atoms with E-state index in [1.807, 2.05) is 30.3 Å². The van der Waals surface area contributed by atoms with E-state index in [2.05, 4.69) is 28.1 Å². The minimum Gasteiger partial charge on any atom is -0.382 e. The van der Waals surface area contributed by atoms with Crippen LogP contribution in [0.25, 0.3) is 0 Å². The summed E-state index contributed by atoms with van der Waals surface area (Å²) < 4.78 is 0.760. The third-order valence-corrected chi connectivity index (χ3v) is 2.82. The fourth-order valence-electron chi connectivity index (χ4n) is 1.35. The van der Waals surface area contributed by atoms with Crippen molar-refractivity contribution in [3.8, 4) is 0 Å². The molecule has 0 saturated carbocycles. The van der Waals surface area contributed by atoms with E-state index >= 15 is 0 Å². The van der Waals surface area contributed by atoms with Crippen LogP contribution < -0.4 is 0 Å². The Bertz CT molecular complexity index is 276. The van der Waals surface area contributed by atoms with Gasteiger partial charge in [-0.25, -0.2) is 0 Å². The molecule has 0 unspecified atom stereocenters. The quantitative estimate of drug-likeness (QED) is 0.728. The average molecular weight is 194 g/mol. The van der Waals surface area contributed by atoms with Gasteiger partial charge in [-0.1, -0.05) is 30.3 Å². The molecular weight excluding hydrogens is 174 g/mol. The molecule has 2 nitrogen and oxygen atoms in total. The van der Waals surface area contributed by atoms with Gasteiger partial charge >= 0.3 is 0 Å². The minimum absolute atomic E-state index is 0.192. The molecule has 0 aliphatic heterocycles. The van der Waals surface area contributed by atoms with E-state index in [0.717, 1.165) is 10.0 Å². The molecule has 0 bridgehead atoms. The summed E-state index contributed by atoms with van der Waals surface area (Å²) in [4.78, 5) is 0. The van der Waals surface area contributed by atoms with Crippen LogP contribution in [0.5, 0.6) is 0 Å². The number of aliphatic hydroxyl groups is 1. The molecule has 14 heavy (non-hydrogen) atoms. The summed E-state index contributed by atoms with van der Waals surface area (Å²) in [6.07, 6.45) is -0.392. The normalized spacial score (nSPS) is 16.4. The zero-order valence-corrected chi connectivity index (χ0v) is 9.44. The lowest BCUT2D eigenvalue weighted by molar-refractivity contribution is -0.898. The maximum Gasteiger partial charge on any atom is 0.130 e. The van der Waals surface area contributed by atoms with Crippen molar-refractivity contribution in [3.63, 3.8) is 0 Å². The van der Waals surface area contributed by atoms with E-state index < -0.39 is 6.10 Å². The van der Waals surface area contributed by atoms with Gasteiger partial charge in [-0.05, 0) is 12.5 Å². The molecule has 0 fully saturated rings. The van der Waals surface area contributed by atoms with Gasteiger partial charge < -0.3 is 9.59 Å². The van der Waals surface area contributed by atoms with Crippen molar-refractivity contribution in [2.24, 2.45) is 0 Å². The van der Waals surface area contributed by atoms with E-state index in [-0.39, 0.29) is 6.04 Å². The lowest BCUT2D eigenvalue weighted by Gasteiger charge is -2.34. The summed E-state index contributed by atoms with van der Waals surface area (Å²) in [5.74, 6) is 0. The van der Waals surface area contributed by atoms with Crippen LogP contribution in [0.4, 0.5) is 0 Å². The van der Waals surface area contributed by atoms with E-state index in [1.165, 1.54) is 0 Å². The van der Waals surface area contributed by atoms with E-state index in [1.54, 1.807) is 0 Å². The van der Waals surface area contributed by atoms with Gasteiger partial charge in [0.25, 0.3) is 0 Å². The second kappa shape index (κ2) is 4.11. The van der Waals surface area contributed by atoms with Gasteiger partial charge in [0.15, 0.2) is 0 Å². The number of quaternary nitrogens is 1. The van der Waals surface area contributed by atoms with E-state index in [0.29, 0.717) is 0 Å². The van der Waals surface area contributed by atoms with Crippen LogP contribution in [0.3, 0.4) is 0 Å². The predicted octanol–water partition coefficient (Wildman–Crippen LogP) is 1.81. The van der Waals surface area contributed by atoms with Crippen LogP contribution in [0.15, 0.2) is 30.3 Å². The molecule has 0 aromatic heterocycles.